The predicted molar refractivity (Wildman–Crippen MR) is 76.0 cm³/mol. The molecule has 1 aliphatic heterocycles. The van der Waals surface area contributed by atoms with E-state index in [-0.39, 0.29) is 11.5 Å². The molecule has 0 aliphatic carbocycles. The van der Waals surface area contributed by atoms with Crippen LogP contribution in [0.1, 0.15) is 5.56 Å². The van der Waals surface area contributed by atoms with E-state index in [0.717, 1.165) is 10.0 Å². The fourth-order valence-corrected chi connectivity index (χ4v) is 4.13. The summed E-state index contributed by atoms with van der Waals surface area (Å²) in [5, 5.41) is 12.8. The van der Waals surface area contributed by atoms with Crippen molar-refractivity contribution >= 4 is 25.8 Å². The van der Waals surface area contributed by atoms with E-state index in [0.29, 0.717) is 12.3 Å². The van der Waals surface area contributed by atoms with E-state index in [1.807, 2.05) is 19.2 Å². The monoisotopic (exact) mass is 349 g/mol. The van der Waals surface area contributed by atoms with Crippen LogP contribution < -0.4 is 10.1 Å². The summed E-state index contributed by atoms with van der Waals surface area (Å²) < 4.78 is 29.5. The minimum atomic E-state index is -3.20. The van der Waals surface area contributed by atoms with Crippen LogP contribution in [0.2, 0.25) is 0 Å². The molecule has 0 amide bonds. The van der Waals surface area contributed by atoms with Gasteiger partial charge in [0.2, 0.25) is 0 Å². The van der Waals surface area contributed by atoms with Gasteiger partial charge in [-0.05, 0) is 25.2 Å². The number of hydrogen-bond acceptors (Lipinski definition) is 5. The average molecular weight is 350 g/mol. The summed E-state index contributed by atoms with van der Waals surface area (Å²) in [6.45, 7) is 0.602. The molecule has 2 rings (SSSR count). The number of aliphatic hydroxyl groups is 1. The Labute approximate surface area is 121 Å². The van der Waals surface area contributed by atoms with E-state index >= 15 is 0 Å². The number of ether oxygens (including phenoxy) is 1. The summed E-state index contributed by atoms with van der Waals surface area (Å²) >= 11 is 3.38. The summed E-state index contributed by atoms with van der Waals surface area (Å²) in [5.74, 6) is 0.234. The second kappa shape index (κ2) is 5.78. The van der Waals surface area contributed by atoms with E-state index in [1.165, 1.54) is 0 Å². The topological polar surface area (TPSA) is 75.6 Å². The highest BCUT2D eigenvalue weighted by atomic mass is 79.9. The van der Waals surface area contributed by atoms with Crippen LogP contribution in [0.3, 0.4) is 0 Å². The molecule has 1 saturated heterocycles. The molecule has 2 unspecified atom stereocenters. The fourth-order valence-electron chi connectivity index (χ4n) is 2.06. The van der Waals surface area contributed by atoms with Gasteiger partial charge in [0, 0.05) is 16.6 Å². The second-order valence-corrected chi connectivity index (χ2v) is 7.65. The number of sulfone groups is 1. The molecule has 19 heavy (non-hydrogen) atoms. The summed E-state index contributed by atoms with van der Waals surface area (Å²) in [4.78, 5) is 0. The first kappa shape index (κ1) is 14.8. The van der Waals surface area contributed by atoms with Gasteiger partial charge >= 0.3 is 0 Å². The molecule has 7 heteroatoms. The Morgan fingerprint density at radius 1 is 1.47 bits per heavy atom. The standard InChI is InChI=1S/C12H16BrNO4S/c1-14-5-8-4-9(13)2-3-11(8)18-12-7-19(16,17)6-10(12)15/h2-4,10,12,14-15H,5-7H2,1H3. The molecule has 2 atom stereocenters. The Hall–Kier alpha value is -0.630. The molecule has 1 aromatic carbocycles. The van der Waals surface area contributed by atoms with Crippen molar-refractivity contribution in [2.45, 2.75) is 18.8 Å². The second-order valence-electron chi connectivity index (χ2n) is 4.58. The Balaban J connectivity index is 2.19. The van der Waals surface area contributed by atoms with Gasteiger partial charge in [-0.3, -0.25) is 0 Å². The molecule has 0 radical (unpaired) electrons. The van der Waals surface area contributed by atoms with Crippen molar-refractivity contribution in [2.24, 2.45) is 0 Å². The summed E-state index contributed by atoms with van der Waals surface area (Å²) in [7, 11) is -1.38. The lowest BCUT2D eigenvalue weighted by Crippen LogP contribution is -2.30. The third kappa shape index (κ3) is 3.68. The highest BCUT2D eigenvalue weighted by Crippen LogP contribution is 2.26. The van der Waals surface area contributed by atoms with E-state index in [4.69, 9.17) is 4.74 Å². The zero-order valence-corrected chi connectivity index (χ0v) is 12.9. The maximum Gasteiger partial charge on any atom is 0.156 e. The first-order valence-electron chi connectivity index (χ1n) is 5.89. The third-order valence-corrected chi connectivity index (χ3v) is 5.12. The Kier molecular flexibility index (Phi) is 4.50. The van der Waals surface area contributed by atoms with Crippen LogP contribution in [0.25, 0.3) is 0 Å². The highest BCUT2D eigenvalue weighted by Gasteiger charge is 2.38. The van der Waals surface area contributed by atoms with E-state index in [9.17, 15) is 13.5 Å². The molecule has 0 saturated carbocycles. The molecule has 0 aromatic heterocycles. The van der Waals surface area contributed by atoms with Crippen LogP contribution in [0, 0.1) is 0 Å². The Morgan fingerprint density at radius 2 is 2.21 bits per heavy atom. The third-order valence-electron chi connectivity index (χ3n) is 2.94. The molecule has 2 N–H and O–H groups in total. The molecule has 0 spiro atoms. The van der Waals surface area contributed by atoms with Crippen molar-refractivity contribution in [1.29, 1.82) is 0 Å². The normalized spacial score (nSPS) is 25.4. The van der Waals surface area contributed by atoms with Crippen molar-refractivity contribution in [2.75, 3.05) is 18.6 Å². The van der Waals surface area contributed by atoms with Gasteiger partial charge in [0.05, 0.1) is 11.5 Å². The van der Waals surface area contributed by atoms with Gasteiger partial charge < -0.3 is 15.2 Å². The van der Waals surface area contributed by atoms with Crippen molar-refractivity contribution in [3.05, 3.63) is 28.2 Å². The molecule has 106 valence electrons. The number of benzene rings is 1. The first-order chi connectivity index (χ1) is 8.91. The summed E-state index contributed by atoms with van der Waals surface area (Å²) in [6.07, 6.45) is -1.65. The van der Waals surface area contributed by atoms with Gasteiger partial charge in [0.15, 0.2) is 9.84 Å². The smallest absolute Gasteiger partial charge is 0.156 e. The van der Waals surface area contributed by atoms with Crippen LogP contribution in [-0.4, -0.2) is 44.3 Å². The first-order valence-corrected chi connectivity index (χ1v) is 8.51. The van der Waals surface area contributed by atoms with Crippen molar-refractivity contribution in [3.63, 3.8) is 0 Å². The summed E-state index contributed by atoms with van der Waals surface area (Å²) in [5.41, 5.74) is 0.911. The number of hydrogen-bond donors (Lipinski definition) is 2. The van der Waals surface area contributed by atoms with Gasteiger partial charge in [-0.25, -0.2) is 8.42 Å². The molecular formula is C12H16BrNO4S. The predicted octanol–water partition coefficient (Wildman–Crippen LogP) is 0.705. The van der Waals surface area contributed by atoms with Crippen LogP contribution >= 0.6 is 15.9 Å². The minimum Gasteiger partial charge on any atom is -0.486 e. The molecule has 1 aromatic rings. The van der Waals surface area contributed by atoms with Crippen LogP contribution in [-0.2, 0) is 16.4 Å². The van der Waals surface area contributed by atoms with Gasteiger partial charge in [0.25, 0.3) is 0 Å². The van der Waals surface area contributed by atoms with Crippen LogP contribution in [0.4, 0.5) is 0 Å². The lowest BCUT2D eigenvalue weighted by atomic mass is 10.2. The van der Waals surface area contributed by atoms with Crippen LogP contribution in [0.15, 0.2) is 22.7 Å². The molecule has 0 bridgehead atoms. The largest absolute Gasteiger partial charge is 0.486 e. The van der Waals surface area contributed by atoms with E-state index in [2.05, 4.69) is 21.2 Å². The molecular weight excluding hydrogens is 334 g/mol. The number of halogens is 1. The van der Waals surface area contributed by atoms with Crippen molar-refractivity contribution < 1.29 is 18.3 Å². The van der Waals surface area contributed by atoms with Gasteiger partial charge in [-0.15, -0.1) is 0 Å². The molecule has 1 fully saturated rings. The SMILES string of the molecule is CNCc1cc(Br)ccc1OC1CS(=O)(=O)CC1O. The lowest BCUT2D eigenvalue weighted by Gasteiger charge is -2.18. The van der Waals surface area contributed by atoms with Gasteiger partial charge in [-0.2, -0.15) is 0 Å². The molecule has 1 aliphatic rings. The maximum absolute atomic E-state index is 11.4. The zero-order valence-electron chi connectivity index (χ0n) is 10.5. The van der Waals surface area contributed by atoms with Gasteiger partial charge in [-0.1, -0.05) is 15.9 Å². The lowest BCUT2D eigenvalue weighted by molar-refractivity contribution is 0.0731. The summed E-state index contributed by atoms with van der Waals surface area (Å²) in [6, 6.07) is 5.50. The van der Waals surface area contributed by atoms with Crippen molar-refractivity contribution in [3.8, 4) is 5.75 Å². The van der Waals surface area contributed by atoms with E-state index < -0.39 is 22.0 Å². The Morgan fingerprint density at radius 3 is 2.79 bits per heavy atom. The minimum absolute atomic E-state index is 0.136. The molecule has 1 heterocycles. The number of rotatable bonds is 4. The fraction of sp³-hybridized carbons (Fsp3) is 0.500. The average Bonchev–Trinajstić information content (AvgIpc) is 2.56. The quantitative estimate of drug-likeness (QED) is 0.836. The zero-order chi connectivity index (χ0) is 14.0. The van der Waals surface area contributed by atoms with Crippen molar-refractivity contribution in [1.82, 2.24) is 5.32 Å². The highest BCUT2D eigenvalue weighted by molar-refractivity contribution is 9.10. The van der Waals surface area contributed by atoms with Gasteiger partial charge in [0.1, 0.15) is 18.0 Å². The number of nitrogens with one attached hydrogen (secondary N) is 1. The van der Waals surface area contributed by atoms with Crippen LogP contribution in [0.5, 0.6) is 5.75 Å². The Bertz CT molecular complexity index is 561. The van der Waals surface area contributed by atoms with E-state index in [1.54, 1.807) is 6.07 Å². The maximum atomic E-state index is 11.4. The molecule has 5 nitrogen and oxygen atoms in total. The number of aliphatic hydroxyl groups excluding tert-OH is 1.